The molecule has 1 aromatic rings. The van der Waals surface area contributed by atoms with Crippen molar-refractivity contribution in [1.82, 2.24) is 0 Å². The highest BCUT2D eigenvalue weighted by molar-refractivity contribution is 5.47. The van der Waals surface area contributed by atoms with Gasteiger partial charge in [0.1, 0.15) is 5.82 Å². The van der Waals surface area contributed by atoms with E-state index in [0.717, 1.165) is 18.6 Å². The molecular formula is C13H17F4N. The summed E-state index contributed by atoms with van der Waals surface area (Å²) in [5.41, 5.74) is -0.863. The zero-order valence-corrected chi connectivity index (χ0v) is 10.6. The Morgan fingerprint density at radius 3 is 2.22 bits per heavy atom. The Morgan fingerprint density at radius 2 is 1.78 bits per heavy atom. The van der Waals surface area contributed by atoms with Gasteiger partial charge in [-0.2, -0.15) is 13.2 Å². The van der Waals surface area contributed by atoms with E-state index in [0.29, 0.717) is 12.0 Å². The molecule has 0 aromatic heterocycles. The lowest BCUT2D eigenvalue weighted by atomic mass is 10.0. The van der Waals surface area contributed by atoms with E-state index in [2.05, 4.69) is 5.32 Å². The lowest BCUT2D eigenvalue weighted by Gasteiger charge is -2.18. The molecule has 18 heavy (non-hydrogen) atoms. The molecule has 0 heterocycles. The summed E-state index contributed by atoms with van der Waals surface area (Å²) in [7, 11) is 0. The normalized spacial score (nSPS) is 13.8. The van der Waals surface area contributed by atoms with Crippen LogP contribution in [0.4, 0.5) is 23.2 Å². The number of alkyl halides is 3. The highest BCUT2D eigenvalue weighted by atomic mass is 19.4. The molecule has 0 aliphatic rings. The summed E-state index contributed by atoms with van der Waals surface area (Å²) < 4.78 is 50.6. The van der Waals surface area contributed by atoms with Gasteiger partial charge in [-0.05, 0) is 37.5 Å². The molecule has 0 spiro atoms. The van der Waals surface area contributed by atoms with Gasteiger partial charge in [0.15, 0.2) is 0 Å². The van der Waals surface area contributed by atoms with Crippen LogP contribution >= 0.6 is 0 Å². The molecule has 0 saturated carbocycles. The third-order valence-corrected chi connectivity index (χ3v) is 2.52. The monoisotopic (exact) mass is 263 g/mol. The second-order valence-electron chi connectivity index (χ2n) is 4.87. The second kappa shape index (κ2) is 5.59. The molecule has 0 amide bonds. The summed E-state index contributed by atoms with van der Waals surface area (Å²) in [5, 5.41) is 2.88. The summed E-state index contributed by atoms with van der Waals surface area (Å²) in [6.45, 7) is 5.93. The molecule has 1 N–H and O–H groups in total. The van der Waals surface area contributed by atoms with E-state index in [-0.39, 0.29) is 11.7 Å². The van der Waals surface area contributed by atoms with Gasteiger partial charge in [-0.3, -0.25) is 0 Å². The molecule has 1 rings (SSSR count). The molecule has 0 radical (unpaired) electrons. The van der Waals surface area contributed by atoms with Crippen molar-refractivity contribution < 1.29 is 17.6 Å². The van der Waals surface area contributed by atoms with E-state index >= 15 is 0 Å². The Hall–Kier alpha value is -1.26. The Kier molecular flexibility index (Phi) is 4.59. The summed E-state index contributed by atoms with van der Waals surface area (Å²) in [4.78, 5) is 0. The molecular weight excluding hydrogens is 246 g/mol. The third kappa shape index (κ3) is 4.20. The van der Waals surface area contributed by atoms with Gasteiger partial charge in [-0.25, -0.2) is 4.39 Å². The maximum Gasteiger partial charge on any atom is 0.416 e. The van der Waals surface area contributed by atoms with Gasteiger partial charge in [0, 0.05) is 6.04 Å². The van der Waals surface area contributed by atoms with Crippen LogP contribution in [0.25, 0.3) is 0 Å². The average molecular weight is 263 g/mol. The van der Waals surface area contributed by atoms with Crippen molar-refractivity contribution in [2.45, 2.75) is 39.4 Å². The molecule has 0 bridgehead atoms. The molecule has 0 aliphatic heterocycles. The lowest BCUT2D eigenvalue weighted by molar-refractivity contribution is -0.137. The van der Waals surface area contributed by atoms with Crippen LogP contribution in [0.15, 0.2) is 18.2 Å². The predicted molar refractivity (Wildman–Crippen MR) is 63.9 cm³/mol. The molecule has 1 atom stereocenters. The van der Waals surface area contributed by atoms with Crippen LogP contribution in [-0.4, -0.2) is 6.04 Å². The largest absolute Gasteiger partial charge is 0.416 e. The van der Waals surface area contributed by atoms with Crippen molar-refractivity contribution >= 4 is 5.69 Å². The summed E-state index contributed by atoms with van der Waals surface area (Å²) in [6, 6.07) is 2.55. The SMILES string of the molecule is CC(C)CC(C)Nc1ccc(C(F)(F)F)cc1F. The molecule has 0 aliphatic carbocycles. The first-order chi connectivity index (χ1) is 8.20. The van der Waals surface area contributed by atoms with Crippen LogP contribution in [0.5, 0.6) is 0 Å². The van der Waals surface area contributed by atoms with E-state index < -0.39 is 17.6 Å². The topological polar surface area (TPSA) is 12.0 Å². The van der Waals surface area contributed by atoms with Crippen LogP contribution in [0, 0.1) is 11.7 Å². The first-order valence-corrected chi connectivity index (χ1v) is 5.83. The van der Waals surface area contributed by atoms with Crippen LogP contribution < -0.4 is 5.32 Å². The number of halogens is 4. The highest BCUT2D eigenvalue weighted by Crippen LogP contribution is 2.31. The van der Waals surface area contributed by atoms with Crippen molar-refractivity contribution in [1.29, 1.82) is 0 Å². The maximum absolute atomic E-state index is 13.5. The zero-order valence-electron chi connectivity index (χ0n) is 10.6. The summed E-state index contributed by atoms with van der Waals surface area (Å²) in [6.07, 6.45) is -3.69. The number of nitrogens with one attached hydrogen (secondary N) is 1. The molecule has 1 nitrogen and oxygen atoms in total. The van der Waals surface area contributed by atoms with Gasteiger partial charge in [0.25, 0.3) is 0 Å². The first kappa shape index (κ1) is 14.8. The smallest absolute Gasteiger partial charge is 0.380 e. The van der Waals surface area contributed by atoms with E-state index in [1.54, 1.807) is 0 Å². The van der Waals surface area contributed by atoms with Crippen LogP contribution in [0.1, 0.15) is 32.8 Å². The van der Waals surface area contributed by atoms with E-state index in [9.17, 15) is 17.6 Å². The van der Waals surface area contributed by atoms with Crippen LogP contribution in [0.3, 0.4) is 0 Å². The van der Waals surface area contributed by atoms with Crippen LogP contribution in [0.2, 0.25) is 0 Å². The first-order valence-electron chi connectivity index (χ1n) is 5.83. The highest BCUT2D eigenvalue weighted by Gasteiger charge is 2.31. The number of rotatable bonds is 4. The number of benzene rings is 1. The van der Waals surface area contributed by atoms with Crippen molar-refractivity contribution in [3.63, 3.8) is 0 Å². The van der Waals surface area contributed by atoms with Gasteiger partial charge in [0.05, 0.1) is 11.3 Å². The maximum atomic E-state index is 13.5. The zero-order chi connectivity index (χ0) is 13.9. The molecule has 5 heteroatoms. The summed E-state index contributed by atoms with van der Waals surface area (Å²) in [5.74, 6) is -0.439. The fraction of sp³-hybridized carbons (Fsp3) is 0.538. The van der Waals surface area contributed by atoms with Crippen molar-refractivity contribution in [3.05, 3.63) is 29.6 Å². The molecule has 0 saturated heterocycles. The van der Waals surface area contributed by atoms with Crippen molar-refractivity contribution in [2.75, 3.05) is 5.32 Å². The Balaban J connectivity index is 2.80. The third-order valence-electron chi connectivity index (χ3n) is 2.52. The van der Waals surface area contributed by atoms with Gasteiger partial charge < -0.3 is 5.32 Å². The number of hydrogen-bond donors (Lipinski definition) is 1. The molecule has 1 aromatic carbocycles. The number of hydrogen-bond acceptors (Lipinski definition) is 1. The fourth-order valence-corrected chi connectivity index (χ4v) is 1.84. The quantitative estimate of drug-likeness (QED) is 0.777. The minimum atomic E-state index is -4.51. The standard InChI is InChI=1S/C13H17F4N/c1-8(2)6-9(3)18-12-5-4-10(7-11(12)14)13(15,16)17/h4-5,7-9,18H,6H2,1-3H3. The van der Waals surface area contributed by atoms with Crippen LogP contribution in [-0.2, 0) is 6.18 Å². The molecule has 1 unspecified atom stereocenters. The average Bonchev–Trinajstić information content (AvgIpc) is 2.18. The van der Waals surface area contributed by atoms with Crippen molar-refractivity contribution in [2.24, 2.45) is 5.92 Å². The minimum absolute atomic E-state index is 0.0104. The molecule has 102 valence electrons. The summed E-state index contributed by atoms with van der Waals surface area (Å²) >= 11 is 0. The Morgan fingerprint density at radius 1 is 1.17 bits per heavy atom. The van der Waals surface area contributed by atoms with Crippen molar-refractivity contribution in [3.8, 4) is 0 Å². The fourth-order valence-electron chi connectivity index (χ4n) is 1.84. The minimum Gasteiger partial charge on any atom is -0.380 e. The van der Waals surface area contributed by atoms with E-state index in [1.165, 1.54) is 0 Å². The lowest BCUT2D eigenvalue weighted by Crippen LogP contribution is -2.18. The van der Waals surface area contributed by atoms with E-state index in [4.69, 9.17) is 0 Å². The Labute approximate surface area is 104 Å². The van der Waals surface area contributed by atoms with Gasteiger partial charge in [-0.1, -0.05) is 13.8 Å². The van der Waals surface area contributed by atoms with Gasteiger partial charge in [-0.15, -0.1) is 0 Å². The van der Waals surface area contributed by atoms with Gasteiger partial charge in [0.2, 0.25) is 0 Å². The Bertz CT molecular complexity index is 398. The predicted octanol–water partition coefficient (Wildman–Crippen LogP) is 4.69. The van der Waals surface area contributed by atoms with Gasteiger partial charge >= 0.3 is 6.18 Å². The molecule has 0 fully saturated rings. The van der Waals surface area contributed by atoms with E-state index in [1.807, 2.05) is 20.8 Å². The number of anilines is 1. The second-order valence-corrected chi connectivity index (χ2v) is 4.87.